The predicted octanol–water partition coefficient (Wildman–Crippen LogP) is 3.63. The van der Waals surface area contributed by atoms with E-state index in [4.69, 9.17) is 9.47 Å². The van der Waals surface area contributed by atoms with Crippen molar-refractivity contribution in [3.05, 3.63) is 59.7 Å². The van der Waals surface area contributed by atoms with Crippen LogP contribution in [0.4, 0.5) is 0 Å². The maximum atomic E-state index is 6.03. The summed E-state index contributed by atoms with van der Waals surface area (Å²) in [7, 11) is 5.24. The van der Waals surface area contributed by atoms with Crippen LogP contribution in [0.25, 0.3) is 0 Å². The van der Waals surface area contributed by atoms with Gasteiger partial charge in [-0.25, -0.2) is 0 Å². The van der Waals surface area contributed by atoms with E-state index in [9.17, 15) is 0 Å². The Morgan fingerprint density at radius 2 is 1.76 bits per heavy atom. The SMILES string of the molecule is C=CCc1ccc(Oc2ccc([Si])c(C)c2C)c(OC)c1. The molecule has 0 saturated carbocycles. The van der Waals surface area contributed by atoms with Gasteiger partial charge in [0.15, 0.2) is 11.5 Å². The Balaban J connectivity index is 2.35. The van der Waals surface area contributed by atoms with Crippen LogP contribution >= 0.6 is 0 Å². The number of benzene rings is 2. The first-order valence-corrected chi connectivity index (χ1v) is 7.34. The zero-order valence-corrected chi connectivity index (χ0v) is 13.7. The molecule has 3 radical (unpaired) electrons. The van der Waals surface area contributed by atoms with E-state index in [-0.39, 0.29) is 0 Å². The fourth-order valence-electron chi connectivity index (χ4n) is 2.11. The van der Waals surface area contributed by atoms with E-state index in [1.165, 1.54) is 5.56 Å². The summed E-state index contributed by atoms with van der Waals surface area (Å²) in [5.74, 6) is 2.28. The summed E-state index contributed by atoms with van der Waals surface area (Å²) >= 11 is 0. The number of rotatable bonds is 5. The molecule has 0 saturated heterocycles. The highest BCUT2D eigenvalue weighted by Crippen LogP contribution is 2.34. The van der Waals surface area contributed by atoms with Crippen LogP contribution in [0.15, 0.2) is 43.0 Å². The van der Waals surface area contributed by atoms with E-state index in [2.05, 4.69) is 23.7 Å². The lowest BCUT2D eigenvalue weighted by Gasteiger charge is -2.15. The number of hydrogen-bond acceptors (Lipinski definition) is 2. The van der Waals surface area contributed by atoms with Gasteiger partial charge in [-0.15, -0.1) is 6.58 Å². The maximum Gasteiger partial charge on any atom is 0.169 e. The molecule has 0 aliphatic rings. The molecule has 107 valence electrons. The van der Waals surface area contributed by atoms with Gasteiger partial charge < -0.3 is 9.47 Å². The molecule has 2 rings (SSSR count). The third kappa shape index (κ3) is 3.36. The molecule has 2 nitrogen and oxygen atoms in total. The second-order valence-electron chi connectivity index (χ2n) is 4.94. The molecule has 0 spiro atoms. The molecule has 0 fully saturated rings. The normalized spacial score (nSPS) is 10.3. The third-order valence-corrected chi connectivity index (χ3v) is 4.11. The fourth-order valence-corrected chi connectivity index (χ4v) is 2.39. The molecule has 0 aliphatic carbocycles. The van der Waals surface area contributed by atoms with Crippen LogP contribution in [0.2, 0.25) is 0 Å². The summed E-state index contributed by atoms with van der Waals surface area (Å²) in [6, 6.07) is 9.90. The minimum Gasteiger partial charge on any atom is -0.493 e. The Kier molecular flexibility index (Phi) is 4.86. The van der Waals surface area contributed by atoms with Gasteiger partial charge in [0.2, 0.25) is 0 Å². The Hall–Kier alpha value is -2.00. The molecule has 0 heterocycles. The van der Waals surface area contributed by atoms with Crippen molar-refractivity contribution >= 4 is 15.4 Å². The first-order valence-electron chi connectivity index (χ1n) is 6.84. The van der Waals surface area contributed by atoms with Gasteiger partial charge in [-0.2, -0.15) is 0 Å². The van der Waals surface area contributed by atoms with E-state index in [0.717, 1.165) is 40.0 Å². The van der Waals surface area contributed by atoms with E-state index in [0.29, 0.717) is 0 Å². The van der Waals surface area contributed by atoms with Gasteiger partial charge in [0.25, 0.3) is 0 Å². The molecular weight excluding hydrogens is 276 g/mol. The smallest absolute Gasteiger partial charge is 0.169 e. The molecule has 0 unspecified atom stereocenters. The zero-order valence-electron chi connectivity index (χ0n) is 12.7. The minimum absolute atomic E-state index is 0.717. The lowest BCUT2D eigenvalue weighted by atomic mass is 10.1. The Morgan fingerprint density at radius 1 is 1.05 bits per heavy atom. The van der Waals surface area contributed by atoms with Crippen LogP contribution < -0.4 is 14.7 Å². The van der Waals surface area contributed by atoms with Gasteiger partial charge in [-0.1, -0.05) is 23.4 Å². The molecule has 0 amide bonds. The van der Waals surface area contributed by atoms with Crippen LogP contribution in [0.1, 0.15) is 16.7 Å². The maximum absolute atomic E-state index is 6.03. The highest BCUT2D eigenvalue weighted by molar-refractivity contribution is 6.33. The van der Waals surface area contributed by atoms with Crippen LogP contribution in [0.5, 0.6) is 17.2 Å². The highest BCUT2D eigenvalue weighted by atomic mass is 28.1. The van der Waals surface area contributed by atoms with Crippen molar-refractivity contribution in [2.45, 2.75) is 20.3 Å². The van der Waals surface area contributed by atoms with Crippen LogP contribution in [-0.2, 0) is 6.42 Å². The molecule has 0 aromatic heterocycles. The minimum atomic E-state index is 0.717. The topological polar surface area (TPSA) is 18.5 Å². The first kappa shape index (κ1) is 15.4. The van der Waals surface area contributed by atoms with Crippen molar-refractivity contribution in [2.24, 2.45) is 0 Å². The molecule has 2 aromatic rings. The standard InChI is InChI=1S/C18H19O2Si/c1-5-6-14-7-8-16(17(11-14)19-4)20-15-9-10-18(21)13(3)12(15)2/h5,7-11H,1,6H2,2-4H3. The van der Waals surface area contributed by atoms with E-state index in [1.807, 2.05) is 43.3 Å². The lowest BCUT2D eigenvalue weighted by Crippen LogP contribution is -2.09. The van der Waals surface area contributed by atoms with Crippen molar-refractivity contribution in [1.82, 2.24) is 0 Å². The quantitative estimate of drug-likeness (QED) is 0.619. The monoisotopic (exact) mass is 295 g/mol. The molecule has 2 aromatic carbocycles. The molecule has 21 heavy (non-hydrogen) atoms. The summed E-state index contributed by atoms with van der Waals surface area (Å²) < 4.78 is 11.5. The Morgan fingerprint density at radius 3 is 2.43 bits per heavy atom. The number of hydrogen-bond donors (Lipinski definition) is 0. The molecule has 0 aliphatic heterocycles. The molecule has 0 bridgehead atoms. The summed E-state index contributed by atoms with van der Waals surface area (Å²) in [4.78, 5) is 0. The molecular formula is C18H19O2Si. The predicted molar refractivity (Wildman–Crippen MR) is 88.3 cm³/mol. The fraction of sp³-hybridized carbons (Fsp3) is 0.222. The zero-order chi connectivity index (χ0) is 15.4. The first-order chi connectivity index (χ1) is 10.1. The second kappa shape index (κ2) is 6.63. The molecule has 3 heteroatoms. The lowest BCUT2D eigenvalue weighted by molar-refractivity contribution is 0.377. The number of ether oxygens (including phenoxy) is 2. The highest BCUT2D eigenvalue weighted by Gasteiger charge is 2.10. The molecule has 0 N–H and O–H groups in total. The van der Waals surface area contributed by atoms with Gasteiger partial charge in [-0.05, 0) is 55.2 Å². The molecule has 0 atom stereocenters. The van der Waals surface area contributed by atoms with Crippen molar-refractivity contribution in [2.75, 3.05) is 7.11 Å². The van der Waals surface area contributed by atoms with Crippen LogP contribution in [0, 0.1) is 13.8 Å². The van der Waals surface area contributed by atoms with E-state index in [1.54, 1.807) is 7.11 Å². The number of methoxy groups -OCH3 is 1. The van der Waals surface area contributed by atoms with Gasteiger partial charge >= 0.3 is 0 Å². The number of allylic oxidation sites excluding steroid dienone is 1. The summed E-state index contributed by atoms with van der Waals surface area (Å²) in [5, 5.41) is 1.08. The average molecular weight is 295 g/mol. The average Bonchev–Trinajstić information content (AvgIpc) is 2.49. The van der Waals surface area contributed by atoms with Crippen molar-refractivity contribution in [3.8, 4) is 17.2 Å². The summed E-state index contributed by atoms with van der Waals surface area (Å²) in [6.07, 6.45) is 2.68. The van der Waals surface area contributed by atoms with Crippen molar-refractivity contribution < 1.29 is 9.47 Å². The van der Waals surface area contributed by atoms with Gasteiger partial charge in [-0.3, -0.25) is 0 Å². The Labute approximate surface area is 129 Å². The summed E-state index contributed by atoms with van der Waals surface area (Å²) in [6.45, 7) is 7.87. The van der Waals surface area contributed by atoms with Crippen LogP contribution in [-0.4, -0.2) is 17.4 Å². The van der Waals surface area contributed by atoms with Gasteiger partial charge in [0.05, 0.1) is 17.4 Å². The van der Waals surface area contributed by atoms with Crippen molar-refractivity contribution in [1.29, 1.82) is 0 Å². The van der Waals surface area contributed by atoms with Crippen LogP contribution in [0.3, 0.4) is 0 Å². The Bertz CT molecular complexity index is 663. The van der Waals surface area contributed by atoms with Crippen molar-refractivity contribution in [3.63, 3.8) is 0 Å². The second-order valence-corrected chi connectivity index (χ2v) is 5.48. The van der Waals surface area contributed by atoms with Gasteiger partial charge in [0.1, 0.15) is 5.75 Å². The van der Waals surface area contributed by atoms with E-state index >= 15 is 0 Å². The van der Waals surface area contributed by atoms with Gasteiger partial charge in [0, 0.05) is 0 Å². The summed E-state index contributed by atoms with van der Waals surface area (Å²) in [5.41, 5.74) is 3.43. The largest absolute Gasteiger partial charge is 0.493 e. The third-order valence-electron chi connectivity index (χ3n) is 3.57. The van der Waals surface area contributed by atoms with E-state index < -0.39 is 0 Å².